The molecule has 4 heteroatoms. The van der Waals surface area contributed by atoms with Crippen molar-refractivity contribution in [1.29, 1.82) is 0 Å². The van der Waals surface area contributed by atoms with Gasteiger partial charge < -0.3 is 4.42 Å². The first-order chi connectivity index (χ1) is 2.89. The van der Waals surface area contributed by atoms with Gasteiger partial charge in [0, 0.05) is 6.20 Å². The maximum atomic E-state index is 9.85. The molecule has 0 bridgehead atoms. The van der Waals surface area contributed by atoms with Gasteiger partial charge >= 0.3 is 5.76 Å². The van der Waals surface area contributed by atoms with Crippen LogP contribution in [0.5, 0.6) is 0 Å². The summed E-state index contributed by atoms with van der Waals surface area (Å²) in [5.74, 6) is -0.407. The van der Waals surface area contributed by atoms with Crippen LogP contribution in [-0.4, -0.2) is 4.98 Å². The van der Waals surface area contributed by atoms with Crippen LogP contribution in [-0.2, 0) is 0 Å². The third-order valence-corrected chi connectivity index (χ3v) is 0.444. The van der Waals surface area contributed by atoms with Crippen LogP contribution in [0, 0.1) is 0 Å². The summed E-state index contributed by atoms with van der Waals surface area (Å²) in [5, 5.41) is 0. The van der Waals surface area contributed by atoms with E-state index in [1.807, 2.05) is 0 Å². The molecule has 0 saturated carbocycles. The molecule has 1 rings (SSSR count). The Morgan fingerprint density at radius 1 is 1.71 bits per heavy atom. The molecule has 3 nitrogen and oxygen atoms in total. The molecule has 1 aromatic rings. The Balaban J connectivity index is 0.000000360. The summed E-state index contributed by atoms with van der Waals surface area (Å²) in [6.07, 6.45) is 2.73. The van der Waals surface area contributed by atoms with E-state index in [0.717, 1.165) is 0 Å². The second-order valence-corrected chi connectivity index (χ2v) is 0.852. The predicted octanol–water partition coefficient (Wildman–Crippen LogP) is 0.120. The van der Waals surface area contributed by atoms with Gasteiger partial charge in [0.05, 0.1) is 0 Å². The molecular weight excluding hydrogens is 101 g/mol. The largest absolute Gasteiger partial charge is 0.417 e. The average molecular weight is 105 g/mol. The molecule has 0 unspecified atom stereocenters. The van der Waals surface area contributed by atoms with Gasteiger partial charge in [-0.05, 0) is 0 Å². The van der Waals surface area contributed by atoms with Crippen molar-refractivity contribution in [1.82, 2.24) is 4.98 Å². The molecule has 0 spiro atoms. The number of H-pyrrole nitrogens is 1. The molecule has 1 N–H and O–H groups in total. The van der Waals surface area contributed by atoms with E-state index in [1.54, 1.807) is 0 Å². The van der Waals surface area contributed by atoms with Gasteiger partial charge in [0.15, 0.2) is 0 Å². The van der Waals surface area contributed by atoms with E-state index in [9.17, 15) is 4.79 Å². The molecule has 0 aliphatic heterocycles. The van der Waals surface area contributed by atoms with E-state index in [2.05, 4.69) is 9.40 Å². The number of halogens is 1. The molecule has 1 aromatic heterocycles. The summed E-state index contributed by atoms with van der Waals surface area (Å²) in [7, 11) is 0. The van der Waals surface area contributed by atoms with E-state index in [0.29, 0.717) is 0 Å². The van der Waals surface area contributed by atoms with Crippen molar-refractivity contribution in [3.8, 4) is 0 Å². The van der Waals surface area contributed by atoms with Crippen LogP contribution in [0.25, 0.3) is 0 Å². The third-order valence-electron chi connectivity index (χ3n) is 0.444. The van der Waals surface area contributed by atoms with Crippen molar-refractivity contribution in [2.45, 2.75) is 0 Å². The van der Waals surface area contributed by atoms with Gasteiger partial charge in [0.1, 0.15) is 6.26 Å². The van der Waals surface area contributed by atoms with Gasteiger partial charge in [-0.15, -0.1) is 0 Å². The maximum Gasteiger partial charge on any atom is 0.416 e. The van der Waals surface area contributed by atoms with Gasteiger partial charge in [-0.1, -0.05) is 0 Å². The first-order valence-corrected chi connectivity index (χ1v) is 1.52. The van der Waals surface area contributed by atoms with Gasteiger partial charge in [-0.2, -0.15) is 0 Å². The molecule has 1 heterocycles. The number of hydrogen-bond donors (Lipinski definition) is 1. The lowest BCUT2D eigenvalue weighted by atomic mass is 11.0. The summed E-state index contributed by atoms with van der Waals surface area (Å²) in [5.41, 5.74) is 0. The fourth-order valence-corrected chi connectivity index (χ4v) is 0.232. The number of nitrogens with one attached hydrogen (secondary N) is 1. The van der Waals surface area contributed by atoms with Gasteiger partial charge in [0.2, 0.25) is 0 Å². The Morgan fingerprint density at radius 2 is 2.43 bits per heavy atom. The fraction of sp³-hybridized carbons (Fsp3) is 0. The van der Waals surface area contributed by atoms with E-state index in [1.165, 1.54) is 12.5 Å². The quantitative estimate of drug-likeness (QED) is 0.509. The highest BCUT2D eigenvalue weighted by molar-refractivity contribution is 4.58. The smallest absolute Gasteiger partial charge is 0.416 e. The highest BCUT2D eigenvalue weighted by Gasteiger charge is 1.72. The average Bonchev–Trinajstić information content (AvgIpc) is 1.86. The van der Waals surface area contributed by atoms with E-state index < -0.39 is 5.76 Å². The molecule has 0 aliphatic rings. The Kier molecular flexibility index (Phi) is 1.84. The van der Waals surface area contributed by atoms with E-state index in [4.69, 9.17) is 0 Å². The lowest BCUT2D eigenvalue weighted by molar-refractivity contribution is 0.515. The number of oxazole rings is 1. The lowest BCUT2D eigenvalue weighted by Crippen LogP contribution is -1.91. The Labute approximate surface area is 38.3 Å². The third kappa shape index (κ3) is 1.21. The Bertz CT molecular complexity index is 151. The Hall–Kier alpha value is -1.06. The van der Waals surface area contributed by atoms with Crippen molar-refractivity contribution in [2.24, 2.45) is 0 Å². The first-order valence-electron chi connectivity index (χ1n) is 1.52. The van der Waals surface area contributed by atoms with Crippen LogP contribution < -0.4 is 5.76 Å². The zero-order valence-electron chi connectivity index (χ0n) is 3.38. The summed E-state index contributed by atoms with van der Waals surface area (Å²) < 4.78 is 4.22. The predicted molar refractivity (Wildman–Crippen MR) is 21.8 cm³/mol. The fourth-order valence-electron chi connectivity index (χ4n) is 0.232. The molecule has 0 aromatic carbocycles. The second-order valence-electron chi connectivity index (χ2n) is 0.852. The molecule has 0 radical (unpaired) electrons. The van der Waals surface area contributed by atoms with Crippen molar-refractivity contribution in [3.05, 3.63) is 23.0 Å². The van der Waals surface area contributed by atoms with Gasteiger partial charge in [-0.25, -0.2) is 4.79 Å². The molecule has 0 saturated heterocycles. The van der Waals surface area contributed by atoms with Crippen LogP contribution in [0.1, 0.15) is 0 Å². The molecule has 0 amide bonds. The standard InChI is InChI=1S/C3H3NO2.FH/c5-3-4-1-2-6-3;/h1-2H,(H,4,5);1H. The summed E-state index contributed by atoms with van der Waals surface area (Å²) in [4.78, 5) is 12.1. The molecule has 7 heavy (non-hydrogen) atoms. The zero-order chi connectivity index (χ0) is 4.41. The second kappa shape index (κ2) is 2.17. The maximum absolute atomic E-state index is 9.85. The normalized spacial score (nSPS) is 7.43. The molecular formula is C3H4FNO2. The zero-order valence-corrected chi connectivity index (χ0v) is 3.38. The van der Waals surface area contributed by atoms with Gasteiger partial charge in [0.25, 0.3) is 0 Å². The summed E-state index contributed by atoms with van der Waals surface area (Å²) in [6.45, 7) is 0. The molecule has 40 valence electrons. The highest BCUT2D eigenvalue weighted by atomic mass is 19.0. The van der Waals surface area contributed by atoms with Crippen molar-refractivity contribution >= 4 is 0 Å². The number of rotatable bonds is 0. The van der Waals surface area contributed by atoms with Gasteiger partial charge in [-0.3, -0.25) is 9.69 Å². The van der Waals surface area contributed by atoms with Crippen LogP contribution >= 0.6 is 0 Å². The topological polar surface area (TPSA) is 46.0 Å². The van der Waals surface area contributed by atoms with E-state index >= 15 is 0 Å². The van der Waals surface area contributed by atoms with Crippen LogP contribution in [0.15, 0.2) is 21.7 Å². The highest BCUT2D eigenvalue weighted by Crippen LogP contribution is 1.62. The SMILES string of the molecule is F.O=c1[nH]cco1. The molecule has 0 fully saturated rings. The van der Waals surface area contributed by atoms with Crippen LogP contribution in [0.3, 0.4) is 0 Å². The molecule has 0 aliphatic carbocycles. The number of aromatic nitrogens is 1. The van der Waals surface area contributed by atoms with E-state index in [-0.39, 0.29) is 4.70 Å². The number of aromatic amines is 1. The summed E-state index contributed by atoms with van der Waals surface area (Å²) >= 11 is 0. The van der Waals surface area contributed by atoms with Crippen molar-refractivity contribution < 1.29 is 9.12 Å². The lowest BCUT2D eigenvalue weighted by Gasteiger charge is -1.51. The monoisotopic (exact) mass is 105 g/mol. The Morgan fingerprint density at radius 3 is 2.57 bits per heavy atom. The summed E-state index contributed by atoms with van der Waals surface area (Å²) in [6, 6.07) is 0. The minimum Gasteiger partial charge on any atom is -0.417 e. The minimum atomic E-state index is -0.407. The van der Waals surface area contributed by atoms with Crippen LogP contribution in [0.4, 0.5) is 4.70 Å². The van der Waals surface area contributed by atoms with Crippen molar-refractivity contribution in [3.63, 3.8) is 0 Å². The minimum absolute atomic E-state index is 0. The van der Waals surface area contributed by atoms with Crippen molar-refractivity contribution in [2.75, 3.05) is 0 Å². The van der Waals surface area contributed by atoms with Crippen LogP contribution in [0.2, 0.25) is 0 Å². The molecule has 0 atom stereocenters. The first kappa shape index (κ1) is 5.94. The number of hydrogen-bond acceptors (Lipinski definition) is 2.